The van der Waals surface area contributed by atoms with Crippen LogP contribution in [0.15, 0.2) is 12.1 Å². The zero-order chi connectivity index (χ0) is 9.14. The van der Waals surface area contributed by atoms with Crippen LogP contribution in [-0.2, 0) is 16.0 Å². The average Bonchev–Trinajstić information content (AvgIpc) is 2.35. The van der Waals surface area contributed by atoms with E-state index in [0.717, 1.165) is 9.75 Å². The van der Waals surface area contributed by atoms with Gasteiger partial charge < -0.3 is 5.11 Å². The third-order valence-electron chi connectivity index (χ3n) is 1.37. The Morgan fingerprint density at radius 1 is 1.50 bits per heavy atom. The molecule has 0 atom stereocenters. The van der Waals surface area contributed by atoms with Gasteiger partial charge in [0, 0.05) is 9.75 Å². The maximum Gasteiger partial charge on any atom is 0.372 e. The van der Waals surface area contributed by atoms with E-state index in [-0.39, 0.29) is 6.42 Å². The van der Waals surface area contributed by atoms with Crippen LogP contribution >= 0.6 is 11.3 Å². The second-order valence-corrected chi connectivity index (χ2v) is 3.79. The van der Waals surface area contributed by atoms with E-state index in [4.69, 9.17) is 5.11 Å². The van der Waals surface area contributed by atoms with Gasteiger partial charge in [0.25, 0.3) is 0 Å². The summed E-state index contributed by atoms with van der Waals surface area (Å²) in [4.78, 5) is 22.8. The molecule has 0 bridgehead atoms. The maximum absolute atomic E-state index is 10.7. The molecule has 0 fully saturated rings. The fourth-order valence-electron chi connectivity index (χ4n) is 0.814. The van der Waals surface area contributed by atoms with Crippen LogP contribution in [0, 0.1) is 6.92 Å². The number of thiophene rings is 1. The predicted molar refractivity (Wildman–Crippen MR) is 45.4 cm³/mol. The molecule has 1 N–H and O–H groups in total. The lowest BCUT2D eigenvalue weighted by molar-refractivity contribution is -0.148. The van der Waals surface area contributed by atoms with Crippen LogP contribution in [0.1, 0.15) is 9.75 Å². The highest BCUT2D eigenvalue weighted by Gasteiger charge is 2.12. The van der Waals surface area contributed by atoms with Crippen LogP contribution in [0.4, 0.5) is 0 Å². The van der Waals surface area contributed by atoms with Gasteiger partial charge in [-0.05, 0) is 19.1 Å². The standard InChI is InChI=1S/C8H8O3S/c1-5-2-3-6(12-5)4-7(9)8(10)11/h2-3H,4H2,1H3,(H,10,11). The minimum absolute atomic E-state index is 0.00778. The molecule has 0 unspecified atom stereocenters. The fourth-order valence-corrected chi connectivity index (χ4v) is 1.70. The van der Waals surface area contributed by atoms with E-state index < -0.39 is 11.8 Å². The third-order valence-corrected chi connectivity index (χ3v) is 2.37. The molecular formula is C8H8O3S. The molecule has 0 amide bonds. The monoisotopic (exact) mass is 184 g/mol. The Labute approximate surface area is 73.6 Å². The van der Waals surface area contributed by atoms with Crippen molar-refractivity contribution >= 4 is 23.1 Å². The van der Waals surface area contributed by atoms with Gasteiger partial charge in [0.15, 0.2) is 0 Å². The average molecular weight is 184 g/mol. The minimum atomic E-state index is -1.36. The molecule has 64 valence electrons. The van der Waals surface area contributed by atoms with Crippen molar-refractivity contribution in [1.82, 2.24) is 0 Å². The molecule has 0 aliphatic heterocycles. The summed E-state index contributed by atoms with van der Waals surface area (Å²) in [6.07, 6.45) is 0.00778. The molecule has 1 aromatic rings. The second kappa shape index (κ2) is 3.49. The van der Waals surface area contributed by atoms with E-state index in [1.165, 1.54) is 11.3 Å². The van der Waals surface area contributed by atoms with E-state index >= 15 is 0 Å². The van der Waals surface area contributed by atoms with Gasteiger partial charge in [0.2, 0.25) is 5.78 Å². The second-order valence-electron chi connectivity index (χ2n) is 2.42. The number of hydrogen-bond acceptors (Lipinski definition) is 3. The summed E-state index contributed by atoms with van der Waals surface area (Å²) in [7, 11) is 0. The van der Waals surface area contributed by atoms with Crippen LogP contribution in [-0.4, -0.2) is 16.9 Å². The molecule has 12 heavy (non-hydrogen) atoms. The Kier molecular flexibility index (Phi) is 2.60. The molecule has 4 heteroatoms. The molecule has 1 aromatic heterocycles. The highest BCUT2D eigenvalue weighted by atomic mass is 32.1. The Bertz CT molecular complexity index is 314. The molecule has 0 aromatic carbocycles. The lowest BCUT2D eigenvalue weighted by atomic mass is 10.2. The van der Waals surface area contributed by atoms with Crippen molar-refractivity contribution in [2.45, 2.75) is 13.3 Å². The van der Waals surface area contributed by atoms with Crippen LogP contribution in [0.3, 0.4) is 0 Å². The fraction of sp³-hybridized carbons (Fsp3) is 0.250. The Hall–Kier alpha value is -1.16. The molecule has 0 saturated carbocycles. The molecule has 1 heterocycles. The summed E-state index contributed by atoms with van der Waals surface area (Å²) in [5, 5.41) is 8.31. The van der Waals surface area contributed by atoms with Crippen LogP contribution in [0.2, 0.25) is 0 Å². The quantitative estimate of drug-likeness (QED) is 0.719. The van der Waals surface area contributed by atoms with Crippen molar-refractivity contribution in [2.24, 2.45) is 0 Å². The number of Topliss-reactive ketones (excluding diaryl/α,β-unsaturated/α-hetero) is 1. The van der Waals surface area contributed by atoms with Crippen molar-refractivity contribution in [3.05, 3.63) is 21.9 Å². The number of carbonyl (C=O) groups is 2. The number of carboxylic acid groups (broad SMARTS) is 1. The number of carboxylic acids is 1. The zero-order valence-electron chi connectivity index (χ0n) is 6.53. The lowest BCUT2D eigenvalue weighted by Crippen LogP contribution is -2.14. The van der Waals surface area contributed by atoms with Gasteiger partial charge in [-0.15, -0.1) is 11.3 Å². The van der Waals surface area contributed by atoms with Gasteiger partial charge in [-0.3, -0.25) is 4.79 Å². The molecule has 0 aliphatic rings. The first-order valence-electron chi connectivity index (χ1n) is 3.41. The van der Waals surface area contributed by atoms with Crippen LogP contribution in [0.5, 0.6) is 0 Å². The maximum atomic E-state index is 10.7. The SMILES string of the molecule is Cc1ccc(CC(=O)C(=O)O)s1. The first-order valence-corrected chi connectivity index (χ1v) is 4.22. The van der Waals surface area contributed by atoms with Gasteiger partial charge in [-0.25, -0.2) is 4.79 Å². The van der Waals surface area contributed by atoms with Crippen LogP contribution < -0.4 is 0 Å². The number of carbonyl (C=O) groups excluding carboxylic acids is 1. The summed E-state index contributed by atoms with van der Waals surface area (Å²) in [5.74, 6) is -2.11. The van der Waals surface area contributed by atoms with E-state index in [1.54, 1.807) is 6.07 Å². The minimum Gasteiger partial charge on any atom is -0.475 e. The zero-order valence-corrected chi connectivity index (χ0v) is 7.35. The van der Waals surface area contributed by atoms with E-state index in [2.05, 4.69) is 0 Å². The summed E-state index contributed by atoms with van der Waals surface area (Å²) in [5.41, 5.74) is 0. The first kappa shape index (κ1) is 8.93. The van der Waals surface area contributed by atoms with E-state index in [9.17, 15) is 9.59 Å². The summed E-state index contributed by atoms with van der Waals surface area (Å²) >= 11 is 1.45. The van der Waals surface area contributed by atoms with Crippen molar-refractivity contribution in [2.75, 3.05) is 0 Å². The highest BCUT2D eigenvalue weighted by molar-refractivity contribution is 7.12. The smallest absolute Gasteiger partial charge is 0.372 e. The lowest BCUT2D eigenvalue weighted by Gasteiger charge is -1.89. The predicted octanol–water partition coefficient (Wildman–Crippen LogP) is 1.25. The normalized spacial score (nSPS) is 9.75. The largest absolute Gasteiger partial charge is 0.475 e. The third kappa shape index (κ3) is 2.17. The number of rotatable bonds is 3. The molecule has 0 saturated heterocycles. The van der Waals surface area contributed by atoms with Crippen molar-refractivity contribution in [3.8, 4) is 0 Å². The molecule has 0 aliphatic carbocycles. The van der Waals surface area contributed by atoms with Crippen molar-refractivity contribution in [3.63, 3.8) is 0 Å². The van der Waals surface area contributed by atoms with Crippen molar-refractivity contribution < 1.29 is 14.7 Å². The summed E-state index contributed by atoms with van der Waals surface area (Å²) in [6, 6.07) is 3.65. The molecule has 0 spiro atoms. The Balaban J connectivity index is 2.64. The summed E-state index contributed by atoms with van der Waals surface area (Å²) in [6.45, 7) is 1.92. The number of aryl methyl sites for hydroxylation is 1. The first-order chi connectivity index (χ1) is 5.59. The topological polar surface area (TPSA) is 54.4 Å². The van der Waals surface area contributed by atoms with Gasteiger partial charge in [0.05, 0.1) is 6.42 Å². The van der Waals surface area contributed by atoms with Gasteiger partial charge >= 0.3 is 5.97 Å². The van der Waals surface area contributed by atoms with Gasteiger partial charge in [-0.1, -0.05) is 0 Å². The molecule has 1 rings (SSSR count). The van der Waals surface area contributed by atoms with E-state index in [0.29, 0.717) is 0 Å². The Morgan fingerprint density at radius 2 is 2.17 bits per heavy atom. The molecule has 3 nitrogen and oxygen atoms in total. The highest BCUT2D eigenvalue weighted by Crippen LogP contribution is 2.15. The van der Waals surface area contributed by atoms with Gasteiger partial charge in [-0.2, -0.15) is 0 Å². The molecule has 0 radical (unpaired) electrons. The van der Waals surface area contributed by atoms with Gasteiger partial charge in [0.1, 0.15) is 0 Å². The molecular weight excluding hydrogens is 176 g/mol. The number of ketones is 1. The number of aliphatic carboxylic acids is 1. The number of hydrogen-bond donors (Lipinski definition) is 1. The van der Waals surface area contributed by atoms with Crippen LogP contribution in [0.25, 0.3) is 0 Å². The Morgan fingerprint density at radius 3 is 2.58 bits per heavy atom. The summed E-state index contributed by atoms with van der Waals surface area (Å²) < 4.78 is 0. The van der Waals surface area contributed by atoms with E-state index in [1.807, 2.05) is 13.0 Å². The van der Waals surface area contributed by atoms with Crippen molar-refractivity contribution in [1.29, 1.82) is 0 Å².